The fourth-order valence-corrected chi connectivity index (χ4v) is 2.10. The Kier molecular flexibility index (Phi) is 1.91. The van der Waals surface area contributed by atoms with Crippen molar-refractivity contribution in [2.45, 2.75) is 5.28 Å². The third-order valence-corrected chi connectivity index (χ3v) is 3.54. The second-order valence-corrected chi connectivity index (χ2v) is 5.21. The summed E-state index contributed by atoms with van der Waals surface area (Å²) in [5, 5.41) is -0.117. The van der Waals surface area contributed by atoms with Crippen molar-refractivity contribution in [3.63, 3.8) is 0 Å². The van der Waals surface area contributed by atoms with Crippen LogP contribution in [-0.4, -0.2) is 15.1 Å². The SMILES string of the molecule is NC1(P(=O)(O)O)C=c2ccccc2=C1. The zero-order valence-electron chi connectivity index (χ0n) is 7.29. The van der Waals surface area contributed by atoms with E-state index in [-0.39, 0.29) is 0 Å². The molecule has 5 heteroatoms. The Balaban J connectivity index is 2.71. The summed E-state index contributed by atoms with van der Waals surface area (Å²) < 4.78 is 11.1. The molecule has 0 aliphatic heterocycles. The van der Waals surface area contributed by atoms with E-state index in [4.69, 9.17) is 15.5 Å². The van der Waals surface area contributed by atoms with Crippen LogP contribution in [0.2, 0.25) is 0 Å². The molecule has 0 saturated heterocycles. The second kappa shape index (κ2) is 2.78. The maximum atomic E-state index is 11.1. The lowest BCUT2D eigenvalue weighted by atomic mass is 10.3. The predicted octanol–water partition coefficient (Wildman–Crippen LogP) is -0.906. The molecule has 0 atom stereocenters. The van der Waals surface area contributed by atoms with E-state index in [1.807, 2.05) is 0 Å². The highest BCUT2D eigenvalue weighted by molar-refractivity contribution is 7.54. The van der Waals surface area contributed by atoms with Crippen molar-refractivity contribution in [1.82, 2.24) is 0 Å². The first kappa shape index (κ1) is 9.62. The molecule has 4 nitrogen and oxygen atoms in total. The Morgan fingerprint density at radius 2 is 1.57 bits per heavy atom. The van der Waals surface area contributed by atoms with Crippen molar-refractivity contribution in [2.24, 2.45) is 5.73 Å². The van der Waals surface area contributed by atoms with Crippen molar-refractivity contribution in [3.8, 4) is 0 Å². The minimum Gasteiger partial charge on any atom is -0.323 e. The molecule has 1 aliphatic rings. The first-order valence-electron chi connectivity index (χ1n) is 4.08. The molecule has 0 bridgehead atoms. The van der Waals surface area contributed by atoms with Crippen LogP contribution in [0, 0.1) is 0 Å². The zero-order valence-corrected chi connectivity index (χ0v) is 8.19. The molecule has 0 spiro atoms. The lowest BCUT2D eigenvalue weighted by molar-refractivity contribution is 0.359. The summed E-state index contributed by atoms with van der Waals surface area (Å²) in [6.07, 6.45) is 2.81. The summed E-state index contributed by atoms with van der Waals surface area (Å²) in [4.78, 5) is 18.1. The Bertz CT molecular complexity index is 496. The van der Waals surface area contributed by atoms with Gasteiger partial charge in [-0.2, -0.15) is 0 Å². The van der Waals surface area contributed by atoms with Crippen LogP contribution in [0.3, 0.4) is 0 Å². The number of rotatable bonds is 1. The molecule has 0 radical (unpaired) electrons. The van der Waals surface area contributed by atoms with Gasteiger partial charge in [-0.15, -0.1) is 0 Å². The van der Waals surface area contributed by atoms with Crippen LogP contribution in [0.4, 0.5) is 0 Å². The fourth-order valence-electron chi connectivity index (χ4n) is 1.48. The second-order valence-electron chi connectivity index (χ2n) is 3.35. The number of hydrogen-bond donors (Lipinski definition) is 3. The smallest absolute Gasteiger partial charge is 0.323 e. The molecule has 0 amide bonds. The van der Waals surface area contributed by atoms with E-state index in [2.05, 4.69) is 0 Å². The van der Waals surface area contributed by atoms with Gasteiger partial charge < -0.3 is 15.5 Å². The van der Waals surface area contributed by atoms with Crippen LogP contribution in [0.25, 0.3) is 12.2 Å². The molecule has 0 fully saturated rings. The lowest BCUT2D eigenvalue weighted by Crippen LogP contribution is -2.33. The molecule has 2 rings (SSSR count). The van der Waals surface area contributed by atoms with Crippen LogP contribution in [0.5, 0.6) is 0 Å². The van der Waals surface area contributed by atoms with Gasteiger partial charge in [-0.05, 0) is 22.6 Å². The van der Waals surface area contributed by atoms with Crippen molar-refractivity contribution in [2.75, 3.05) is 0 Å². The van der Waals surface area contributed by atoms with Crippen LogP contribution >= 0.6 is 7.60 Å². The third-order valence-electron chi connectivity index (χ3n) is 2.27. The molecule has 14 heavy (non-hydrogen) atoms. The maximum Gasteiger partial charge on any atom is 0.353 e. The van der Waals surface area contributed by atoms with Gasteiger partial charge in [0, 0.05) is 0 Å². The number of fused-ring (bicyclic) bond motifs is 1. The van der Waals surface area contributed by atoms with E-state index in [1.165, 1.54) is 12.2 Å². The molecule has 0 heterocycles. The Hall–Kier alpha value is -0.930. The highest BCUT2D eigenvalue weighted by Gasteiger charge is 2.40. The summed E-state index contributed by atoms with van der Waals surface area (Å²) in [6, 6.07) is 7.15. The normalized spacial score (nSPS) is 18.2. The Morgan fingerprint density at radius 3 is 1.93 bits per heavy atom. The third kappa shape index (κ3) is 1.33. The maximum absolute atomic E-state index is 11.1. The molecule has 1 aromatic rings. The minimum absolute atomic E-state index is 0.762. The van der Waals surface area contributed by atoms with Crippen LogP contribution in [0.1, 0.15) is 0 Å². The standard InChI is InChI=1S/C9H10NO3P/c10-9(14(11,12)13)5-7-3-1-2-4-8(7)6-9/h1-6H,10H2,(H2,11,12,13). The van der Waals surface area contributed by atoms with Gasteiger partial charge in [0.1, 0.15) is 0 Å². The molecule has 0 unspecified atom stereocenters. The fraction of sp³-hybridized carbons (Fsp3) is 0.111. The Labute approximate surface area is 80.5 Å². The summed E-state index contributed by atoms with van der Waals surface area (Å²) in [5.74, 6) is 0. The van der Waals surface area contributed by atoms with Crippen LogP contribution in [0.15, 0.2) is 24.3 Å². The van der Waals surface area contributed by atoms with Crippen molar-refractivity contribution >= 4 is 19.7 Å². The van der Waals surface area contributed by atoms with Gasteiger partial charge in [0.25, 0.3) is 0 Å². The van der Waals surface area contributed by atoms with Gasteiger partial charge in [-0.3, -0.25) is 4.57 Å². The molecule has 0 aromatic heterocycles. The summed E-state index contributed by atoms with van der Waals surface area (Å²) in [7, 11) is -4.34. The quantitative estimate of drug-likeness (QED) is 0.525. The van der Waals surface area contributed by atoms with E-state index >= 15 is 0 Å². The zero-order chi connectivity index (χ0) is 10.4. The average Bonchev–Trinajstić information content (AvgIpc) is 2.40. The van der Waals surface area contributed by atoms with Gasteiger partial charge >= 0.3 is 7.60 Å². The summed E-state index contributed by atoms with van der Waals surface area (Å²) in [5.41, 5.74) is 5.61. The van der Waals surface area contributed by atoms with E-state index < -0.39 is 12.9 Å². The van der Waals surface area contributed by atoms with Crippen LogP contribution in [-0.2, 0) is 4.57 Å². The minimum atomic E-state index is -4.34. The lowest BCUT2D eigenvalue weighted by Gasteiger charge is -2.20. The number of nitrogens with two attached hydrogens (primary N) is 1. The van der Waals surface area contributed by atoms with E-state index in [0.29, 0.717) is 0 Å². The highest BCUT2D eigenvalue weighted by atomic mass is 31.2. The average molecular weight is 211 g/mol. The molecular formula is C9H10NO3P. The monoisotopic (exact) mass is 211 g/mol. The first-order valence-corrected chi connectivity index (χ1v) is 5.69. The highest BCUT2D eigenvalue weighted by Crippen LogP contribution is 2.49. The molecule has 0 saturated carbocycles. The molecule has 1 aromatic carbocycles. The predicted molar refractivity (Wildman–Crippen MR) is 53.6 cm³/mol. The Morgan fingerprint density at radius 1 is 1.14 bits per heavy atom. The molecule has 4 N–H and O–H groups in total. The summed E-state index contributed by atoms with van der Waals surface area (Å²) in [6.45, 7) is 0. The van der Waals surface area contributed by atoms with E-state index in [9.17, 15) is 4.57 Å². The van der Waals surface area contributed by atoms with Gasteiger partial charge in [0.15, 0.2) is 5.28 Å². The number of benzene rings is 1. The number of hydrogen-bond acceptors (Lipinski definition) is 2. The van der Waals surface area contributed by atoms with Crippen molar-refractivity contribution in [1.29, 1.82) is 0 Å². The van der Waals surface area contributed by atoms with Crippen molar-refractivity contribution < 1.29 is 14.4 Å². The van der Waals surface area contributed by atoms with Gasteiger partial charge in [-0.25, -0.2) is 0 Å². The summed E-state index contributed by atoms with van der Waals surface area (Å²) >= 11 is 0. The van der Waals surface area contributed by atoms with E-state index in [0.717, 1.165) is 10.4 Å². The molecular weight excluding hydrogens is 201 g/mol. The van der Waals surface area contributed by atoms with Crippen LogP contribution < -0.4 is 16.2 Å². The first-order chi connectivity index (χ1) is 6.42. The largest absolute Gasteiger partial charge is 0.353 e. The molecule has 1 aliphatic carbocycles. The molecule has 74 valence electrons. The van der Waals surface area contributed by atoms with Gasteiger partial charge in [0.05, 0.1) is 0 Å². The topological polar surface area (TPSA) is 83.6 Å². The van der Waals surface area contributed by atoms with Gasteiger partial charge in [0.2, 0.25) is 0 Å². The van der Waals surface area contributed by atoms with Gasteiger partial charge in [-0.1, -0.05) is 24.3 Å². The van der Waals surface area contributed by atoms with E-state index in [1.54, 1.807) is 24.3 Å². The van der Waals surface area contributed by atoms with Crippen molar-refractivity contribution in [3.05, 3.63) is 34.7 Å².